The summed E-state index contributed by atoms with van der Waals surface area (Å²) < 4.78 is 0. The van der Waals surface area contributed by atoms with Crippen LogP contribution in [0.2, 0.25) is 0 Å². The van der Waals surface area contributed by atoms with Gasteiger partial charge in [0, 0.05) is 29.9 Å². The molecule has 1 aromatic rings. The molecule has 0 aliphatic carbocycles. The van der Waals surface area contributed by atoms with E-state index in [1.807, 2.05) is 11.3 Å². The highest BCUT2D eigenvalue weighted by Crippen LogP contribution is 2.33. The van der Waals surface area contributed by atoms with Gasteiger partial charge in [0.1, 0.15) is 0 Å². The number of hydrogen-bond donors (Lipinski definition) is 1. The summed E-state index contributed by atoms with van der Waals surface area (Å²) >= 11 is 1.85. The van der Waals surface area contributed by atoms with E-state index in [-0.39, 0.29) is 5.41 Å². The summed E-state index contributed by atoms with van der Waals surface area (Å²) in [5.41, 5.74) is 1.37. The van der Waals surface area contributed by atoms with Crippen LogP contribution in [0.15, 0.2) is 0 Å². The van der Waals surface area contributed by atoms with Crippen molar-refractivity contribution in [3.63, 3.8) is 0 Å². The zero-order valence-corrected chi connectivity index (χ0v) is 14.9. The molecule has 1 aromatic heterocycles. The van der Waals surface area contributed by atoms with E-state index < -0.39 is 0 Å². The molecule has 1 rings (SSSR count). The van der Waals surface area contributed by atoms with E-state index in [1.54, 1.807) is 0 Å². The second-order valence-corrected chi connectivity index (χ2v) is 7.28. The highest BCUT2D eigenvalue weighted by Gasteiger charge is 2.24. The van der Waals surface area contributed by atoms with Crippen LogP contribution in [-0.4, -0.2) is 24.6 Å². The zero-order valence-electron chi connectivity index (χ0n) is 14.0. The van der Waals surface area contributed by atoms with Gasteiger partial charge in [-0.15, -0.1) is 11.3 Å². The van der Waals surface area contributed by atoms with Crippen molar-refractivity contribution in [3.05, 3.63) is 10.6 Å². The summed E-state index contributed by atoms with van der Waals surface area (Å²) in [5.74, 6) is 0. The molecule has 4 heteroatoms. The maximum atomic E-state index is 4.93. The van der Waals surface area contributed by atoms with Gasteiger partial charge in [-0.1, -0.05) is 34.1 Å². The van der Waals surface area contributed by atoms with Gasteiger partial charge in [0.15, 0.2) is 5.13 Å². The van der Waals surface area contributed by atoms with Crippen molar-refractivity contribution in [2.45, 2.75) is 66.3 Å². The molecule has 0 aliphatic rings. The van der Waals surface area contributed by atoms with E-state index in [0.29, 0.717) is 0 Å². The largest absolute Gasteiger partial charge is 0.349 e. The molecule has 0 aromatic carbocycles. The Labute approximate surface area is 128 Å². The number of anilines is 1. The smallest absolute Gasteiger partial charge is 0.185 e. The molecule has 0 saturated heterocycles. The molecular formula is C16H31N3S. The summed E-state index contributed by atoms with van der Waals surface area (Å²) in [6, 6.07) is 0. The molecule has 0 amide bonds. The third-order valence-corrected chi connectivity index (χ3v) is 4.54. The minimum atomic E-state index is 0.115. The maximum Gasteiger partial charge on any atom is 0.185 e. The normalized spacial score (nSPS) is 11.9. The van der Waals surface area contributed by atoms with E-state index in [2.05, 4.69) is 51.8 Å². The molecule has 0 bridgehead atoms. The number of rotatable bonds is 8. The average molecular weight is 298 g/mol. The van der Waals surface area contributed by atoms with E-state index >= 15 is 0 Å². The third kappa shape index (κ3) is 4.74. The lowest BCUT2D eigenvalue weighted by Crippen LogP contribution is -2.22. The minimum absolute atomic E-state index is 0.115. The zero-order chi connectivity index (χ0) is 15.2. The molecule has 0 saturated carbocycles. The fourth-order valence-corrected chi connectivity index (χ4v) is 3.55. The van der Waals surface area contributed by atoms with Crippen LogP contribution in [0, 0.1) is 0 Å². The van der Waals surface area contributed by atoms with Crippen LogP contribution >= 0.6 is 11.3 Å². The molecular weight excluding hydrogens is 266 g/mol. The number of nitrogens with one attached hydrogen (secondary N) is 1. The van der Waals surface area contributed by atoms with E-state index in [1.165, 1.54) is 28.5 Å². The van der Waals surface area contributed by atoms with Crippen LogP contribution in [0.5, 0.6) is 0 Å². The van der Waals surface area contributed by atoms with Gasteiger partial charge in [0.05, 0.1) is 5.69 Å². The Balaban J connectivity index is 2.89. The van der Waals surface area contributed by atoms with Gasteiger partial charge in [-0.25, -0.2) is 4.98 Å². The van der Waals surface area contributed by atoms with Crippen molar-refractivity contribution in [3.8, 4) is 0 Å². The molecule has 0 atom stereocenters. The van der Waals surface area contributed by atoms with Crippen LogP contribution in [0.1, 0.15) is 65.0 Å². The van der Waals surface area contributed by atoms with Gasteiger partial charge in [-0.2, -0.15) is 0 Å². The molecule has 1 N–H and O–H groups in total. The van der Waals surface area contributed by atoms with Crippen molar-refractivity contribution < 1.29 is 0 Å². The number of thiazole rings is 1. The lowest BCUT2D eigenvalue weighted by atomic mass is 9.91. The maximum absolute atomic E-state index is 4.93. The summed E-state index contributed by atoms with van der Waals surface area (Å²) in [6.07, 6.45) is 2.49. The molecule has 0 aliphatic heterocycles. The monoisotopic (exact) mass is 297 g/mol. The van der Waals surface area contributed by atoms with Crippen LogP contribution < -0.4 is 10.2 Å². The summed E-state index contributed by atoms with van der Waals surface area (Å²) in [4.78, 5) is 8.67. The standard InChI is InChI=1S/C16H31N3S/c1-7-10-11-17-12-13-14(16(4,5)6)18-15(20-13)19(8-2)9-3/h17H,7-12H2,1-6H3. The van der Waals surface area contributed by atoms with Gasteiger partial charge in [0.2, 0.25) is 0 Å². The topological polar surface area (TPSA) is 28.2 Å². The lowest BCUT2D eigenvalue weighted by molar-refractivity contribution is 0.557. The Bertz CT molecular complexity index is 389. The Morgan fingerprint density at radius 2 is 1.80 bits per heavy atom. The number of unbranched alkanes of at least 4 members (excludes halogenated alkanes) is 1. The van der Waals surface area contributed by atoms with Crippen LogP contribution in [0.3, 0.4) is 0 Å². The van der Waals surface area contributed by atoms with Gasteiger partial charge in [-0.05, 0) is 26.8 Å². The Hall–Kier alpha value is -0.610. The fraction of sp³-hybridized carbons (Fsp3) is 0.812. The van der Waals surface area contributed by atoms with Crippen molar-refractivity contribution in [2.75, 3.05) is 24.5 Å². The number of hydrogen-bond acceptors (Lipinski definition) is 4. The molecule has 20 heavy (non-hydrogen) atoms. The molecule has 0 unspecified atom stereocenters. The molecule has 0 fully saturated rings. The third-order valence-electron chi connectivity index (χ3n) is 3.42. The lowest BCUT2D eigenvalue weighted by Gasteiger charge is -2.19. The molecule has 116 valence electrons. The van der Waals surface area contributed by atoms with Crippen molar-refractivity contribution in [2.24, 2.45) is 0 Å². The van der Waals surface area contributed by atoms with Gasteiger partial charge < -0.3 is 10.2 Å². The molecule has 0 radical (unpaired) electrons. The first-order valence-corrected chi connectivity index (χ1v) is 8.71. The van der Waals surface area contributed by atoms with Gasteiger partial charge in [-0.3, -0.25) is 0 Å². The molecule has 3 nitrogen and oxygen atoms in total. The number of nitrogens with zero attached hydrogens (tertiary/aromatic N) is 2. The minimum Gasteiger partial charge on any atom is -0.349 e. The van der Waals surface area contributed by atoms with Crippen LogP contribution in [0.4, 0.5) is 5.13 Å². The molecule has 1 heterocycles. The van der Waals surface area contributed by atoms with Gasteiger partial charge >= 0.3 is 0 Å². The highest BCUT2D eigenvalue weighted by atomic mass is 32.1. The summed E-state index contributed by atoms with van der Waals surface area (Å²) in [7, 11) is 0. The van der Waals surface area contributed by atoms with E-state index in [4.69, 9.17) is 4.98 Å². The predicted octanol–water partition coefficient (Wildman–Crippen LogP) is 4.18. The second kappa shape index (κ2) is 7.99. The van der Waals surface area contributed by atoms with Crippen LogP contribution in [0.25, 0.3) is 0 Å². The quantitative estimate of drug-likeness (QED) is 0.730. The highest BCUT2D eigenvalue weighted by molar-refractivity contribution is 7.15. The summed E-state index contributed by atoms with van der Waals surface area (Å²) in [6.45, 7) is 17.5. The summed E-state index contributed by atoms with van der Waals surface area (Å²) in [5, 5.41) is 4.73. The Kier molecular flexibility index (Phi) is 6.96. The molecule has 0 spiro atoms. The van der Waals surface area contributed by atoms with E-state index in [9.17, 15) is 0 Å². The average Bonchev–Trinajstić information content (AvgIpc) is 2.80. The Morgan fingerprint density at radius 3 is 2.30 bits per heavy atom. The number of aromatic nitrogens is 1. The van der Waals surface area contributed by atoms with Crippen LogP contribution in [-0.2, 0) is 12.0 Å². The van der Waals surface area contributed by atoms with Crippen molar-refractivity contribution in [1.82, 2.24) is 10.3 Å². The predicted molar refractivity (Wildman–Crippen MR) is 91.0 cm³/mol. The first-order chi connectivity index (χ1) is 9.43. The van der Waals surface area contributed by atoms with Crippen molar-refractivity contribution >= 4 is 16.5 Å². The fourth-order valence-electron chi connectivity index (χ4n) is 2.18. The SMILES string of the molecule is CCCCNCc1sc(N(CC)CC)nc1C(C)(C)C. The second-order valence-electron chi connectivity index (χ2n) is 6.22. The van der Waals surface area contributed by atoms with E-state index in [0.717, 1.165) is 26.2 Å². The Morgan fingerprint density at radius 1 is 1.15 bits per heavy atom. The van der Waals surface area contributed by atoms with Gasteiger partial charge in [0.25, 0.3) is 0 Å². The first kappa shape index (κ1) is 17.4. The first-order valence-electron chi connectivity index (χ1n) is 7.89. The van der Waals surface area contributed by atoms with Crippen molar-refractivity contribution in [1.29, 1.82) is 0 Å².